The molecule has 0 amide bonds. The minimum atomic E-state index is -1.38. The van der Waals surface area contributed by atoms with E-state index in [0.29, 0.717) is 12.0 Å². The van der Waals surface area contributed by atoms with Gasteiger partial charge in [-0.05, 0) is 25.2 Å². The first-order valence-corrected chi connectivity index (χ1v) is 5.93. The summed E-state index contributed by atoms with van der Waals surface area (Å²) in [5.74, 6) is -2.46. The minimum absolute atomic E-state index is 0.0444. The Hall–Kier alpha value is -1.85. The van der Waals surface area contributed by atoms with E-state index < -0.39 is 23.3 Å². The van der Waals surface area contributed by atoms with Crippen LogP contribution in [-0.4, -0.2) is 37.2 Å². The second kappa shape index (κ2) is 5.86. The van der Waals surface area contributed by atoms with Gasteiger partial charge in [-0.15, -0.1) is 0 Å². The summed E-state index contributed by atoms with van der Waals surface area (Å²) >= 11 is 0. The van der Waals surface area contributed by atoms with Crippen molar-refractivity contribution in [3.8, 4) is 0 Å². The van der Waals surface area contributed by atoms with E-state index in [9.17, 15) is 14.4 Å². The standard InChI is InChI=1S/C13H18O6/c1-8-7-13(11(16)18-2,12(17)19-3)5-4-9(8)6-10(14)15/h9H,1,4-7H2,2-3H3,(H,14,15). The lowest BCUT2D eigenvalue weighted by atomic mass is 9.67. The molecule has 0 spiro atoms. The number of allylic oxidation sites excluding steroid dienone is 1. The van der Waals surface area contributed by atoms with Crippen molar-refractivity contribution in [1.82, 2.24) is 0 Å². The van der Waals surface area contributed by atoms with E-state index in [4.69, 9.17) is 5.11 Å². The van der Waals surface area contributed by atoms with Gasteiger partial charge in [0.2, 0.25) is 0 Å². The molecule has 0 aliphatic heterocycles. The molecule has 0 radical (unpaired) electrons. The minimum Gasteiger partial charge on any atom is -0.481 e. The molecule has 1 unspecified atom stereocenters. The number of ether oxygens (including phenoxy) is 2. The van der Waals surface area contributed by atoms with Crippen LogP contribution in [0.5, 0.6) is 0 Å². The summed E-state index contributed by atoms with van der Waals surface area (Å²) in [7, 11) is 2.41. The van der Waals surface area contributed by atoms with E-state index >= 15 is 0 Å². The van der Waals surface area contributed by atoms with Crippen LogP contribution >= 0.6 is 0 Å². The van der Waals surface area contributed by atoms with E-state index in [2.05, 4.69) is 16.1 Å². The van der Waals surface area contributed by atoms with Crippen LogP contribution in [0, 0.1) is 11.3 Å². The number of methoxy groups -OCH3 is 2. The summed E-state index contributed by atoms with van der Waals surface area (Å²) in [5, 5.41) is 8.80. The van der Waals surface area contributed by atoms with Crippen LogP contribution < -0.4 is 0 Å². The Morgan fingerprint density at radius 3 is 2.21 bits per heavy atom. The van der Waals surface area contributed by atoms with E-state index in [1.807, 2.05) is 0 Å². The van der Waals surface area contributed by atoms with Crippen LogP contribution in [0.25, 0.3) is 0 Å². The summed E-state index contributed by atoms with van der Waals surface area (Å²) in [5.41, 5.74) is -0.806. The smallest absolute Gasteiger partial charge is 0.323 e. The molecule has 0 aromatic carbocycles. The van der Waals surface area contributed by atoms with Gasteiger partial charge in [-0.25, -0.2) is 0 Å². The van der Waals surface area contributed by atoms with Gasteiger partial charge < -0.3 is 14.6 Å². The first-order valence-electron chi connectivity index (χ1n) is 5.93. The van der Waals surface area contributed by atoms with Crippen molar-refractivity contribution in [2.24, 2.45) is 11.3 Å². The van der Waals surface area contributed by atoms with Gasteiger partial charge in [0, 0.05) is 0 Å². The largest absolute Gasteiger partial charge is 0.481 e. The van der Waals surface area contributed by atoms with Gasteiger partial charge in [-0.3, -0.25) is 14.4 Å². The molecule has 1 fully saturated rings. The van der Waals surface area contributed by atoms with Gasteiger partial charge in [-0.2, -0.15) is 0 Å². The number of hydrogen-bond donors (Lipinski definition) is 1. The highest BCUT2D eigenvalue weighted by Crippen LogP contribution is 2.44. The van der Waals surface area contributed by atoms with Crippen LogP contribution in [0.3, 0.4) is 0 Å². The van der Waals surface area contributed by atoms with Gasteiger partial charge in [0.25, 0.3) is 0 Å². The molecule has 0 bridgehead atoms. The summed E-state index contributed by atoms with van der Waals surface area (Å²) in [6.45, 7) is 3.80. The molecule has 0 aromatic heterocycles. The second-order valence-corrected chi connectivity index (χ2v) is 4.73. The van der Waals surface area contributed by atoms with Gasteiger partial charge in [0.15, 0.2) is 5.41 Å². The Labute approximate surface area is 111 Å². The first kappa shape index (κ1) is 15.2. The van der Waals surface area contributed by atoms with Gasteiger partial charge in [-0.1, -0.05) is 12.2 Å². The van der Waals surface area contributed by atoms with Crippen LogP contribution in [0.15, 0.2) is 12.2 Å². The molecule has 1 atom stereocenters. The van der Waals surface area contributed by atoms with Crippen molar-refractivity contribution < 1.29 is 29.0 Å². The normalized spacial score (nSPS) is 21.6. The van der Waals surface area contributed by atoms with Crippen LogP contribution in [0.1, 0.15) is 25.7 Å². The predicted molar refractivity (Wildman–Crippen MR) is 65.2 cm³/mol. The highest BCUT2D eigenvalue weighted by atomic mass is 16.5. The molecule has 1 aliphatic rings. The lowest BCUT2D eigenvalue weighted by molar-refractivity contribution is -0.171. The molecule has 1 saturated carbocycles. The lowest BCUT2D eigenvalue weighted by Gasteiger charge is -2.36. The van der Waals surface area contributed by atoms with Crippen LogP contribution in [0.2, 0.25) is 0 Å². The topological polar surface area (TPSA) is 89.9 Å². The Kier molecular flexibility index (Phi) is 4.69. The number of esters is 2. The Bertz CT molecular complexity index is 395. The maximum atomic E-state index is 11.9. The average molecular weight is 270 g/mol. The Morgan fingerprint density at radius 1 is 1.32 bits per heavy atom. The molecular formula is C13H18O6. The van der Waals surface area contributed by atoms with Gasteiger partial charge >= 0.3 is 17.9 Å². The molecule has 19 heavy (non-hydrogen) atoms. The number of aliphatic carboxylic acids is 1. The summed E-state index contributed by atoms with van der Waals surface area (Å²) < 4.78 is 9.37. The van der Waals surface area contributed by atoms with Gasteiger partial charge in [0.1, 0.15) is 0 Å². The Morgan fingerprint density at radius 2 is 1.84 bits per heavy atom. The van der Waals surface area contributed by atoms with E-state index in [1.54, 1.807) is 0 Å². The number of carboxylic acids is 1. The second-order valence-electron chi connectivity index (χ2n) is 4.73. The fourth-order valence-corrected chi connectivity index (χ4v) is 2.52. The maximum absolute atomic E-state index is 11.9. The van der Waals surface area contributed by atoms with Crippen LogP contribution in [0.4, 0.5) is 0 Å². The molecule has 0 heterocycles. The third-order valence-corrected chi connectivity index (χ3v) is 3.60. The lowest BCUT2D eigenvalue weighted by Crippen LogP contribution is -2.44. The molecule has 0 aromatic rings. The van der Waals surface area contributed by atoms with E-state index in [0.717, 1.165) is 0 Å². The number of carboxylic acid groups (broad SMARTS) is 1. The molecule has 106 valence electrons. The van der Waals surface area contributed by atoms with Crippen molar-refractivity contribution in [3.05, 3.63) is 12.2 Å². The predicted octanol–water partition coefficient (Wildman–Crippen LogP) is 1.15. The van der Waals surface area contributed by atoms with Crippen molar-refractivity contribution in [2.45, 2.75) is 25.7 Å². The summed E-state index contributed by atoms with van der Waals surface area (Å²) in [6, 6.07) is 0. The van der Waals surface area contributed by atoms with E-state index in [1.165, 1.54) is 14.2 Å². The van der Waals surface area contributed by atoms with Crippen molar-refractivity contribution in [1.29, 1.82) is 0 Å². The zero-order chi connectivity index (χ0) is 14.6. The number of rotatable bonds is 4. The third-order valence-electron chi connectivity index (χ3n) is 3.60. The fraction of sp³-hybridized carbons (Fsp3) is 0.615. The van der Waals surface area contributed by atoms with Gasteiger partial charge in [0.05, 0.1) is 20.6 Å². The molecule has 1 N–H and O–H groups in total. The van der Waals surface area contributed by atoms with Crippen molar-refractivity contribution >= 4 is 17.9 Å². The fourth-order valence-electron chi connectivity index (χ4n) is 2.52. The molecule has 1 rings (SSSR count). The highest BCUT2D eigenvalue weighted by Gasteiger charge is 2.51. The zero-order valence-electron chi connectivity index (χ0n) is 11.1. The number of carbonyl (C=O) groups is 3. The first-order chi connectivity index (χ1) is 8.87. The molecule has 6 heteroatoms. The Balaban J connectivity index is 2.94. The maximum Gasteiger partial charge on any atom is 0.323 e. The quantitative estimate of drug-likeness (QED) is 0.468. The van der Waals surface area contributed by atoms with Crippen molar-refractivity contribution in [3.63, 3.8) is 0 Å². The van der Waals surface area contributed by atoms with E-state index in [-0.39, 0.29) is 25.2 Å². The zero-order valence-corrected chi connectivity index (χ0v) is 11.1. The number of hydrogen-bond acceptors (Lipinski definition) is 5. The molecular weight excluding hydrogens is 252 g/mol. The monoisotopic (exact) mass is 270 g/mol. The molecule has 6 nitrogen and oxygen atoms in total. The van der Waals surface area contributed by atoms with Crippen molar-refractivity contribution in [2.75, 3.05) is 14.2 Å². The van der Waals surface area contributed by atoms with Crippen LogP contribution in [-0.2, 0) is 23.9 Å². The summed E-state index contributed by atoms with van der Waals surface area (Å²) in [4.78, 5) is 34.5. The molecule has 1 aliphatic carbocycles. The average Bonchev–Trinajstić information content (AvgIpc) is 2.38. The summed E-state index contributed by atoms with van der Waals surface area (Å²) in [6.07, 6.45) is 0.639. The number of carbonyl (C=O) groups excluding carboxylic acids is 2. The highest BCUT2D eigenvalue weighted by molar-refractivity contribution is 6.00. The SMILES string of the molecule is C=C1CC(C(=O)OC)(C(=O)OC)CCC1CC(=O)O. The third kappa shape index (κ3) is 2.94. The molecule has 0 saturated heterocycles.